The molecule has 1 unspecified atom stereocenters. The minimum atomic E-state index is -1.51. The molecule has 2 amide bonds. The van der Waals surface area contributed by atoms with Crippen LogP contribution in [0.1, 0.15) is 67.7 Å². The van der Waals surface area contributed by atoms with Gasteiger partial charge in [0, 0.05) is 15.5 Å². The smallest absolute Gasteiger partial charge is 0.341 e. The van der Waals surface area contributed by atoms with Gasteiger partial charge in [0.15, 0.2) is 0 Å². The number of rotatable bonds is 8. The van der Waals surface area contributed by atoms with Gasteiger partial charge in [0.2, 0.25) is 5.91 Å². The maximum Gasteiger partial charge on any atom is 0.341 e. The van der Waals surface area contributed by atoms with E-state index in [0.717, 1.165) is 42.5 Å². The molecule has 1 aliphatic rings. The summed E-state index contributed by atoms with van der Waals surface area (Å²) in [6, 6.07) is 6.62. The maximum absolute atomic E-state index is 13.2. The molecular formula is C28H24Cl4N2O6S2. The molecular weight excluding hydrogens is 666 g/mol. The first-order valence-electron chi connectivity index (χ1n) is 12.7. The molecule has 0 aliphatic heterocycles. The van der Waals surface area contributed by atoms with Crippen LogP contribution in [0.5, 0.6) is 0 Å². The number of halogens is 4. The van der Waals surface area contributed by atoms with E-state index in [-0.39, 0.29) is 21.0 Å². The topological polar surface area (TPSA) is 122 Å². The number of anilines is 2. The van der Waals surface area contributed by atoms with Gasteiger partial charge in [0.05, 0.1) is 49.1 Å². The summed E-state index contributed by atoms with van der Waals surface area (Å²) in [6.07, 6.45) is 4.72. The number of esters is 1. The van der Waals surface area contributed by atoms with Gasteiger partial charge in [-0.25, -0.2) is 9.59 Å². The molecule has 1 aliphatic carbocycles. The average Bonchev–Trinajstić information content (AvgIpc) is 3.12. The Kier molecular flexibility index (Phi) is 10.7. The Labute approximate surface area is 270 Å². The fourth-order valence-corrected chi connectivity index (χ4v) is 7.73. The number of hydrogen-bond acceptors (Lipinski definition) is 7. The molecule has 0 radical (unpaired) electrons. The first kappa shape index (κ1) is 32.4. The van der Waals surface area contributed by atoms with Crippen molar-refractivity contribution in [3.05, 3.63) is 71.5 Å². The number of carbonyl (C=O) groups excluding carboxylic acids is 3. The van der Waals surface area contributed by atoms with Gasteiger partial charge in [-0.05, 0) is 56.4 Å². The number of carboxylic acids is 1. The molecule has 0 spiro atoms. The molecule has 1 aromatic heterocycles. The molecule has 8 nitrogen and oxygen atoms in total. The van der Waals surface area contributed by atoms with Crippen molar-refractivity contribution in [2.24, 2.45) is 0 Å². The summed E-state index contributed by atoms with van der Waals surface area (Å²) >= 11 is 26.9. The van der Waals surface area contributed by atoms with E-state index in [1.165, 1.54) is 30.2 Å². The fraction of sp³-hybridized carbons (Fsp3) is 0.286. The molecule has 14 heteroatoms. The lowest BCUT2D eigenvalue weighted by molar-refractivity contribution is -0.115. The molecule has 1 atom stereocenters. The predicted octanol–water partition coefficient (Wildman–Crippen LogP) is 8.49. The molecule has 42 heavy (non-hydrogen) atoms. The molecule has 3 aromatic rings. The zero-order chi connectivity index (χ0) is 30.7. The third-order valence-corrected chi connectivity index (χ3v) is 10.6. The molecule has 3 N–H and O–H groups in total. The Morgan fingerprint density at radius 1 is 0.929 bits per heavy atom. The quantitative estimate of drug-likeness (QED) is 0.0713. The zero-order valence-electron chi connectivity index (χ0n) is 22.2. The van der Waals surface area contributed by atoms with Crippen LogP contribution in [-0.2, 0) is 22.4 Å². The van der Waals surface area contributed by atoms with Crippen molar-refractivity contribution in [1.82, 2.24) is 0 Å². The van der Waals surface area contributed by atoms with Crippen molar-refractivity contribution in [2.75, 3.05) is 17.7 Å². The number of aryl methyl sites for hydroxylation is 1. The van der Waals surface area contributed by atoms with E-state index in [4.69, 9.17) is 51.1 Å². The van der Waals surface area contributed by atoms with Gasteiger partial charge >= 0.3 is 11.9 Å². The Morgan fingerprint density at radius 2 is 1.60 bits per heavy atom. The van der Waals surface area contributed by atoms with E-state index in [9.17, 15) is 24.3 Å². The second-order valence-corrected chi connectivity index (χ2v) is 13.3. The summed E-state index contributed by atoms with van der Waals surface area (Å²) < 4.78 is 5.02. The summed E-state index contributed by atoms with van der Waals surface area (Å²) in [4.78, 5) is 52.5. The number of thioether (sulfide) groups is 1. The van der Waals surface area contributed by atoms with Crippen LogP contribution >= 0.6 is 69.5 Å². The highest BCUT2D eigenvalue weighted by Crippen LogP contribution is 2.42. The van der Waals surface area contributed by atoms with Crippen LogP contribution < -0.4 is 10.6 Å². The number of carbonyl (C=O) groups is 4. The van der Waals surface area contributed by atoms with Crippen LogP contribution in [0.15, 0.2) is 29.2 Å². The minimum absolute atomic E-state index is 0.250. The number of benzene rings is 2. The van der Waals surface area contributed by atoms with Gasteiger partial charge in [-0.2, -0.15) is 0 Å². The third kappa shape index (κ3) is 6.85. The number of amides is 2. The molecule has 0 bridgehead atoms. The van der Waals surface area contributed by atoms with Gasteiger partial charge in [-0.1, -0.05) is 58.9 Å². The number of nitrogens with one attached hydrogen (secondary N) is 2. The molecule has 1 heterocycles. The lowest BCUT2D eigenvalue weighted by Gasteiger charge is -2.15. The van der Waals surface area contributed by atoms with E-state index in [1.807, 2.05) is 0 Å². The van der Waals surface area contributed by atoms with Crippen molar-refractivity contribution >= 4 is 104 Å². The van der Waals surface area contributed by atoms with Crippen molar-refractivity contribution in [1.29, 1.82) is 0 Å². The highest BCUT2D eigenvalue weighted by molar-refractivity contribution is 8.00. The first-order valence-corrected chi connectivity index (χ1v) is 15.9. The van der Waals surface area contributed by atoms with E-state index >= 15 is 0 Å². The zero-order valence-corrected chi connectivity index (χ0v) is 26.9. The Balaban J connectivity index is 1.51. The van der Waals surface area contributed by atoms with Crippen molar-refractivity contribution in [3.63, 3.8) is 0 Å². The number of methoxy groups -OCH3 is 1. The predicted molar refractivity (Wildman–Crippen MR) is 169 cm³/mol. The largest absolute Gasteiger partial charge is 0.478 e. The van der Waals surface area contributed by atoms with Gasteiger partial charge in [-0.15, -0.1) is 23.1 Å². The second-order valence-electron chi connectivity index (χ2n) is 9.30. The van der Waals surface area contributed by atoms with E-state index in [0.29, 0.717) is 21.1 Å². The van der Waals surface area contributed by atoms with E-state index in [1.54, 1.807) is 31.2 Å². The molecule has 0 saturated carbocycles. The summed E-state index contributed by atoms with van der Waals surface area (Å²) in [5.74, 6) is -3.15. The number of hydrogen-bond donors (Lipinski definition) is 3. The first-order chi connectivity index (χ1) is 19.9. The van der Waals surface area contributed by atoms with Crippen molar-refractivity contribution < 1.29 is 29.0 Å². The van der Waals surface area contributed by atoms with Crippen LogP contribution in [0.4, 0.5) is 10.7 Å². The van der Waals surface area contributed by atoms with Crippen LogP contribution in [-0.4, -0.2) is 41.2 Å². The Hall–Kier alpha value is -2.47. The monoisotopic (exact) mass is 688 g/mol. The maximum atomic E-state index is 13.2. The van der Waals surface area contributed by atoms with Gasteiger partial charge in [0.25, 0.3) is 5.91 Å². The molecule has 222 valence electrons. The lowest BCUT2D eigenvalue weighted by atomic mass is 10.1. The number of thiophene rings is 1. The van der Waals surface area contributed by atoms with Gasteiger partial charge in [0.1, 0.15) is 5.00 Å². The summed E-state index contributed by atoms with van der Waals surface area (Å²) in [5.41, 5.74) is 0.670. The number of fused-ring (bicyclic) bond motifs is 1. The molecule has 2 aromatic carbocycles. The third-order valence-electron chi connectivity index (χ3n) is 6.53. The van der Waals surface area contributed by atoms with Crippen LogP contribution in [0.3, 0.4) is 0 Å². The summed E-state index contributed by atoms with van der Waals surface area (Å²) in [7, 11) is 1.32. The van der Waals surface area contributed by atoms with Crippen LogP contribution in [0, 0.1) is 0 Å². The number of aromatic carboxylic acids is 1. The molecule has 0 saturated heterocycles. The SMILES string of the molecule is COC(=O)c1c(NC(=O)C(C)Sc2cccc(NC(=O)c3c(Cl)c(Cl)c(Cl)c(Cl)c3C(=O)O)c2)sc2c1CCCCC2. The summed E-state index contributed by atoms with van der Waals surface area (Å²) in [5, 5.41) is 13.8. The Bertz CT molecular complexity index is 1590. The number of ether oxygens (including phenoxy) is 1. The summed E-state index contributed by atoms with van der Waals surface area (Å²) in [6.45, 7) is 1.72. The standard InChI is InChI=1S/C28H24Cl4N2O6S2/c1-12(24(35)34-26-17(28(39)40-2)15-9-4-3-5-10-16(15)42-26)41-14-8-6-7-13(11-14)33-25(36)18-19(27(37)38)21(30)23(32)22(31)20(18)29/h6-8,11-12H,3-5,9-10H2,1-2H3,(H,33,36)(H,34,35)(H,37,38). The Morgan fingerprint density at radius 3 is 2.26 bits per heavy atom. The van der Waals surface area contributed by atoms with Crippen LogP contribution in [0.25, 0.3) is 0 Å². The van der Waals surface area contributed by atoms with Crippen molar-refractivity contribution in [2.45, 2.75) is 49.2 Å². The van der Waals surface area contributed by atoms with Crippen LogP contribution in [0.2, 0.25) is 20.1 Å². The molecule has 4 rings (SSSR count). The fourth-order valence-electron chi connectivity index (χ4n) is 4.51. The molecule has 0 fully saturated rings. The minimum Gasteiger partial charge on any atom is -0.478 e. The number of carboxylic acid groups (broad SMARTS) is 1. The van der Waals surface area contributed by atoms with Gasteiger partial charge < -0.3 is 20.5 Å². The lowest BCUT2D eigenvalue weighted by Crippen LogP contribution is -2.23. The normalized spacial score (nSPS) is 13.5. The van der Waals surface area contributed by atoms with E-state index < -0.39 is 39.2 Å². The van der Waals surface area contributed by atoms with E-state index in [2.05, 4.69) is 10.6 Å². The second kappa shape index (κ2) is 13.9. The van der Waals surface area contributed by atoms with Gasteiger partial charge in [-0.3, -0.25) is 9.59 Å². The highest BCUT2D eigenvalue weighted by Gasteiger charge is 2.30. The highest BCUT2D eigenvalue weighted by atomic mass is 35.5. The van der Waals surface area contributed by atoms with Crippen molar-refractivity contribution in [3.8, 4) is 0 Å². The average molecular weight is 690 g/mol.